The lowest BCUT2D eigenvalue weighted by Crippen LogP contribution is -2.49. The van der Waals surface area contributed by atoms with E-state index in [1.165, 1.54) is 12.1 Å². The van der Waals surface area contributed by atoms with Gasteiger partial charge >= 0.3 is 0 Å². The summed E-state index contributed by atoms with van der Waals surface area (Å²) in [4.78, 5) is 29.8. The van der Waals surface area contributed by atoms with Crippen molar-refractivity contribution in [3.63, 3.8) is 0 Å². The number of amides is 2. The van der Waals surface area contributed by atoms with Crippen molar-refractivity contribution in [1.82, 2.24) is 20.4 Å². The summed E-state index contributed by atoms with van der Waals surface area (Å²) < 4.78 is 13.0. The highest BCUT2D eigenvalue weighted by Gasteiger charge is 2.44. The molecular weight excluding hydrogens is 443 g/mol. The molecule has 0 unspecified atom stereocenters. The number of likely N-dealkylation sites (tertiary alicyclic amines) is 1. The fourth-order valence-corrected chi connectivity index (χ4v) is 5.10. The van der Waals surface area contributed by atoms with Crippen LogP contribution in [0, 0.1) is 5.82 Å². The van der Waals surface area contributed by atoms with Crippen LogP contribution in [0.5, 0.6) is 0 Å². The van der Waals surface area contributed by atoms with Crippen molar-refractivity contribution < 1.29 is 14.0 Å². The molecule has 2 N–H and O–H groups in total. The van der Waals surface area contributed by atoms with Crippen LogP contribution in [0.3, 0.4) is 0 Å². The molecule has 2 saturated heterocycles. The van der Waals surface area contributed by atoms with Gasteiger partial charge in [-0.1, -0.05) is 35.9 Å². The largest absolute Gasteiger partial charge is 0.353 e. The lowest BCUT2D eigenvalue weighted by Gasteiger charge is -2.33. The maximum Gasteiger partial charge on any atom is 0.239 e. The van der Waals surface area contributed by atoms with Crippen LogP contribution in [-0.4, -0.2) is 59.9 Å². The van der Waals surface area contributed by atoms with Crippen LogP contribution < -0.4 is 10.6 Å². The molecular formula is C25H30ClFN4O2. The highest BCUT2D eigenvalue weighted by atomic mass is 35.5. The van der Waals surface area contributed by atoms with E-state index in [0.29, 0.717) is 37.5 Å². The lowest BCUT2D eigenvalue weighted by atomic mass is 10.0. The first-order chi connectivity index (χ1) is 15.9. The summed E-state index contributed by atoms with van der Waals surface area (Å²) in [5, 5.41) is 6.69. The third-order valence-electron chi connectivity index (χ3n) is 6.73. The average molecular weight is 473 g/mol. The minimum Gasteiger partial charge on any atom is -0.353 e. The first kappa shape index (κ1) is 23.7. The van der Waals surface area contributed by atoms with E-state index in [9.17, 15) is 14.0 Å². The number of carbonyl (C=O) groups excluding carboxylic acids is 2. The molecule has 0 aliphatic carbocycles. The number of likely N-dealkylation sites (N-methyl/N-ethyl adjacent to an activating group) is 1. The molecule has 3 atom stereocenters. The van der Waals surface area contributed by atoms with Crippen molar-refractivity contribution >= 4 is 23.4 Å². The number of nitrogens with zero attached hydrogens (tertiary/aromatic N) is 2. The Morgan fingerprint density at radius 2 is 2.00 bits per heavy atom. The second kappa shape index (κ2) is 10.6. The zero-order valence-corrected chi connectivity index (χ0v) is 19.5. The number of benzene rings is 2. The number of rotatable bonds is 7. The summed E-state index contributed by atoms with van der Waals surface area (Å²) in [7, 11) is 2.06. The van der Waals surface area contributed by atoms with Crippen LogP contribution in [0.1, 0.15) is 30.4 Å². The van der Waals surface area contributed by atoms with Gasteiger partial charge < -0.3 is 10.6 Å². The number of fused-ring (bicyclic) bond motifs is 1. The van der Waals surface area contributed by atoms with Gasteiger partial charge in [0.1, 0.15) is 11.9 Å². The zero-order chi connectivity index (χ0) is 23.4. The highest BCUT2D eigenvalue weighted by molar-refractivity contribution is 6.30. The summed E-state index contributed by atoms with van der Waals surface area (Å²) >= 11 is 6.13. The van der Waals surface area contributed by atoms with Crippen molar-refractivity contribution in [2.45, 2.75) is 50.5 Å². The molecule has 0 saturated carbocycles. The second-order valence-electron chi connectivity index (χ2n) is 8.91. The first-order valence-corrected chi connectivity index (χ1v) is 11.8. The molecule has 2 fully saturated rings. The van der Waals surface area contributed by atoms with Crippen LogP contribution in [0.2, 0.25) is 5.02 Å². The summed E-state index contributed by atoms with van der Waals surface area (Å²) in [5.74, 6) is -0.289. The van der Waals surface area contributed by atoms with Gasteiger partial charge in [0.2, 0.25) is 11.8 Å². The van der Waals surface area contributed by atoms with Gasteiger partial charge in [0.05, 0.1) is 0 Å². The fraction of sp³-hybridized carbons (Fsp3) is 0.440. The van der Waals surface area contributed by atoms with Gasteiger partial charge in [-0.15, -0.1) is 0 Å². The van der Waals surface area contributed by atoms with E-state index in [2.05, 4.69) is 27.5 Å². The molecule has 176 valence electrons. The molecule has 0 bridgehead atoms. The molecule has 2 amide bonds. The minimum absolute atomic E-state index is 0.0474. The summed E-state index contributed by atoms with van der Waals surface area (Å²) in [6, 6.07) is 13.9. The molecule has 2 heterocycles. The molecule has 33 heavy (non-hydrogen) atoms. The quantitative estimate of drug-likeness (QED) is 0.650. The van der Waals surface area contributed by atoms with Crippen molar-refractivity contribution in [2.24, 2.45) is 0 Å². The van der Waals surface area contributed by atoms with Crippen LogP contribution in [-0.2, 0) is 22.7 Å². The Bertz CT molecular complexity index is 987. The van der Waals surface area contributed by atoms with Gasteiger partial charge in [-0.2, -0.15) is 0 Å². The summed E-state index contributed by atoms with van der Waals surface area (Å²) in [6.07, 6.45) is 1.93. The van der Waals surface area contributed by atoms with Gasteiger partial charge in [-0.25, -0.2) is 4.39 Å². The van der Waals surface area contributed by atoms with E-state index in [-0.39, 0.29) is 35.8 Å². The molecule has 4 rings (SSSR count). The van der Waals surface area contributed by atoms with E-state index in [1.54, 1.807) is 12.1 Å². The number of hydrogen-bond acceptors (Lipinski definition) is 4. The summed E-state index contributed by atoms with van der Waals surface area (Å²) in [6.45, 7) is 2.42. The van der Waals surface area contributed by atoms with Crippen LogP contribution in [0.25, 0.3) is 0 Å². The van der Waals surface area contributed by atoms with Gasteiger partial charge in [0.15, 0.2) is 0 Å². The molecule has 0 radical (unpaired) electrons. The highest BCUT2D eigenvalue weighted by Crippen LogP contribution is 2.29. The Balaban J connectivity index is 1.32. The molecule has 2 aliphatic rings. The molecule has 0 spiro atoms. The third kappa shape index (κ3) is 5.91. The molecule has 6 nitrogen and oxygen atoms in total. The van der Waals surface area contributed by atoms with E-state index >= 15 is 0 Å². The SMILES string of the molecule is CN1[C@@H](CCC(=O)NCc2ccc(F)cc2)CNC(=O)[C@@H]2[C@@H]1CCN2Cc1cccc(Cl)c1. The maximum atomic E-state index is 13.0. The normalized spacial score (nSPS) is 23.6. The molecule has 2 aromatic rings. The topological polar surface area (TPSA) is 64.7 Å². The fourth-order valence-electron chi connectivity index (χ4n) is 4.88. The predicted octanol–water partition coefficient (Wildman–Crippen LogP) is 2.95. The van der Waals surface area contributed by atoms with E-state index in [4.69, 9.17) is 11.6 Å². The van der Waals surface area contributed by atoms with E-state index in [0.717, 1.165) is 24.1 Å². The van der Waals surface area contributed by atoms with Gasteiger partial charge in [-0.3, -0.25) is 19.4 Å². The number of carbonyl (C=O) groups is 2. The van der Waals surface area contributed by atoms with Crippen molar-refractivity contribution in [2.75, 3.05) is 20.1 Å². The third-order valence-corrected chi connectivity index (χ3v) is 6.97. The second-order valence-corrected chi connectivity index (χ2v) is 9.34. The van der Waals surface area contributed by atoms with Gasteiger partial charge in [0, 0.05) is 49.7 Å². The molecule has 8 heteroatoms. The van der Waals surface area contributed by atoms with Crippen molar-refractivity contribution in [3.05, 3.63) is 70.5 Å². The Labute approximate surface area is 199 Å². The Hall–Kier alpha value is -2.48. The summed E-state index contributed by atoms with van der Waals surface area (Å²) in [5.41, 5.74) is 1.95. The van der Waals surface area contributed by atoms with Crippen LogP contribution in [0.15, 0.2) is 48.5 Å². The van der Waals surface area contributed by atoms with Gasteiger partial charge in [0.25, 0.3) is 0 Å². The van der Waals surface area contributed by atoms with E-state index in [1.807, 2.05) is 24.3 Å². The number of hydrogen-bond donors (Lipinski definition) is 2. The minimum atomic E-state index is -0.292. The molecule has 0 aromatic heterocycles. The van der Waals surface area contributed by atoms with Gasteiger partial charge in [-0.05, 0) is 55.3 Å². The average Bonchev–Trinajstić information content (AvgIpc) is 3.16. The first-order valence-electron chi connectivity index (χ1n) is 11.4. The van der Waals surface area contributed by atoms with Crippen molar-refractivity contribution in [3.8, 4) is 0 Å². The van der Waals surface area contributed by atoms with E-state index < -0.39 is 0 Å². The van der Waals surface area contributed by atoms with Crippen LogP contribution in [0.4, 0.5) is 4.39 Å². The molecule has 2 aliphatic heterocycles. The number of halogens is 2. The molecule has 2 aromatic carbocycles. The standard InChI is InChI=1S/C25H30ClFN4O2/c1-30-21(9-10-23(32)28-14-17-5-7-20(27)8-6-17)15-29-25(33)24-22(30)11-12-31(24)16-18-3-2-4-19(26)13-18/h2-8,13,21-22,24H,9-12,14-16H2,1H3,(H,28,32)(H,29,33)/t21-,22-,24-/m0/s1. The Morgan fingerprint density at radius 1 is 1.21 bits per heavy atom. The lowest BCUT2D eigenvalue weighted by molar-refractivity contribution is -0.126. The predicted molar refractivity (Wildman–Crippen MR) is 126 cm³/mol. The monoisotopic (exact) mass is 472 g/mol. The number of nitrogens with one attached hydrogen (secondary N) is 2. The zero-order valence-electron chi connectivity index (χ0n) is 18.8. The maximum absolute atomic E-state index is 13.0. The Kier molecular flexibility index (Phi) is 7.63. The smallest absolute Gasteiger partial charge is 0.239 e. The van der Waals surface area contributed by atoms with Crippen molar-refractivity contribution in [1.29, 1.82) is 0 Å². The van der Waals surface area contributed by atoms with Crippen LogP contribution >= 0.6 is 11.6 Å². The Morgan fingerprint density at radius 3 is 2.76 bits per heavy atom.